The van der Waals surface area contributed by atoms with E-state index in [9.17, 15) is 0 Å². The first-order valence-corrected chi connectivity index (χ1v) is 5.21. The van der Waals surface area contributed by atoms with Crippen LogP contribution in [0.5, 0.6) is 0 Å². The van der Waals surface area contributed by atoms with Crippen LogP contribution < -0.4 is 5.32 Å². The second kappa shape index (κ2) is 3.56. The number of aryl methyl sites for hydroxylation is 2. The van der Waals surface area contributed by atoms with Crippen LogP contribution >= 0.6 is 0 Å². The van der Waals surface area contributed by atoms with Crippen LogP contribution in [0.2, 0.25) is 0 Å². The normalized spacial score (nSPS) is 24.8. The summed E-state index contributed by atoms with van der Waals surface area (Å²) in [6.07, 6.45) is 1.35. The van der Waals surface area contributed by atoms with E-state index in [2.05, 4.69) is 22.2 Å². The molecule has 0 bridgehead atoms. The maximum atomic E-state index is 4.34. The third-order valence-electron chi connectivity index (χ3n) is 2.78. The molecule has 14 heavy (non-hydrogen) atoms. The predicted molar refractivity (Wildman–Crippen MR) is 57.3 cm³/mol. The molecular weight excluding hydrogens is 174 g/mol. The van der Waals surface area contributed by atoms with Gasteiger partial charge in [-0.1, -0.05) is 6.92 Å². The molecule has 1 aromatic rings. The Morgan fingerprint density at radius 3 is 2.43 bits per heavy atom. The summed E-state index contributed by atoms with van der Waals surface area (Å²) in [6.45, 7) is 7.30. The van der Waals surface area contributed by atoms with Crippen molar-refractivity contribution in [1.82, 2.24) is 9.97 Å². The molecular formula is C11H17N3. The largest absolute Gasteiger partial charge is 0.354 e. The smallest absolute Gasteiger partial charge is 0.223 e. The van der Waals surface area contributed by atoms with Crippen LogP contribution in [-0.4, -0.2) is 16.5 Å². The van der Waals surface area contributed by atoms with Gasteiger partial charge in [-0.25, -0.2) is 9.97 Å². The van der Waals surface area contributed by atoms with Crippen molar-refractivity contribution in [1.29, 1.82) is 0 Å². The molecule has 0 aliphatic heterocycles. The van der Waals surface area contributed by atoms with Gasteiger partial charge in [0.1, 0.15) is 0 Å². The number of nitrogens with zero attached hydrogens (tertiary/aromatic N) is 2. The fourth-order valence-corrected chi connectivity index (χ4v) is 1.71. The number of hydrogen-bond donors (Lipinski definition) is 1. The Hall–Kier alpha value is -1.12. The van der Waals surface area contributed by atoms with Crippen LogP contribution in [0, 0.1) is 25.7 Å². The molecule has 1 N–H and O–H groups in total. The van der Waals surface area contributed by atoms with Crippen LogP contribution in [-0.2, 0) is 0 Å². The van der Waals surface area contributed by atoms with Crippen LogP contribution in [0.4, 0.5) is 5.95 Å². The maximum absolute atomic E-state index is 4.34. The summed E-state index contributed by atoms with van der Waals surface area (Å²) in [6, 6.07) is 1.99. The molecule has 0 saturated heterocycles. The zero-order chi connectivity index (χ0) is 10.1. The van der Waals surface area contributed by atoms with E-state index in [0.717, 1.165) is 35.7 Å². The molecule has 1 aliphatic carbocycles. The average Bonchev–Trinajstić information content (AvgIpc) is 2.77. The van der Waals surface area contributed by atoms with Gasteiger partial charge in [0.15, 0.2) is 0 Å². The quantitative estimate of drug-likeness (QED) is 0.795. The molecule has 0 radical (unpaired) electrons. The number of hydrogen-bond acceptors (Lipinski definition) is 3. The van der Waals surface area contributed by atoms with E-state index in [0.29, 0.717) is 0 Å². The Bertz CT molecular complexity index is 315. The molecule has 1 heterocycles. The van der Waals surface area contributed by atoms with Gasteiger partial charge in [-0.2, -0.15) is 0 Å². The number of rotatable bonds is 3. The molecule has 2 rings (SSSR count). The third-order valence-corrected chi connectivity index (χ3v) is 2.78. The van der Waals surface area contributed by atoms with E-state index >= 15 is 0 Å². The second-order valence-electron chi connectivity index (χ2n) is 4.33. The number of anilines is 1. The maximum Gasteiger partial charge on any atom is 0.223 e. The summed E-state index contributed by atoms with van der Waals surface area (Å²) in [5.74, 6) is 2.49. The highest BCUT2D eigenvalue weighted by Crippen LogP contribution is 2.37. The summed E-state index contributed by atoms with van der Waals surface area (Å²) in [7, 11) is 0. The molecule has 3 heteroatoms. The van der Waals surface area contributed by atoms with Crippen molar-refractivity contribution < 1.29 is 0 Å². The lowest BCUT2D eigenvalue weighted by Crippen LogP contribution is -2.08. The van der Waals surface area contributed by atoms with Gasteiger partial charge < -0.3 is 5.32 Å². The molecule has 0 aromatic carbocycles. The van der Waals surface area contributed by atoms with Gasteiger partial charge in [0, 0.05) is 17.9 Å². The van der Waals surface area contributed by atoms with Crippen molar-refractivity contribution in [3.63, 3.8) is 0 Å². The van der Waals surface area contributed by atoms with Gasteiger partial charge in [-0.05, 0) is 38.2 Å². The number of aromatic nitrogens is 2. The predicted octanol–water partition coefficient (Wildman–Crippen LogP) is 2.16. The van der Waals surface area contributed by atoms with Crippen molar-refractivity contribution in [3.05, 3.63) is 17.5 Å². The monoisotopic (exact) mass is 191 g/mol. The molecule has 1 saturated carbocycles. The van der Waals surface area contributed by atoms with E-state index < -0.39 is 0 Å². The van der Waals surface area contributed by atoms with Gasteiger partial charge in [0.05, 0.1) is 0 Å². The SMILES string of the molecule is Cc1cc(C)nc(NCC2CC2C)n1. The van der Waals surface area contributed by atoms with E-state index in [-0.39, 0.29) is 0 Å². The van der Waals surface area contributed by atoms with Crippen molar-refractivity contribution >= 4 is 5.95 Å². The van der Waals surface area contributed by atoms with Crippen LogP contribution in [0.1, 0.15) is 24.7 Å². The van der Waals surface area contributed by atoms with Crippen LogP contribution in [0.3, 0.4) is 0 Å². The number of nitrogens with one attached hydrogen (secondary N) is 1. The molecule has 1 aromatic heterocycles. The minimum absolute atomic E-state index is 0.779. The first-order valence-electron chi connectivity index (χ1n) is 5.21. The van der Waals surface area contributed by atoms with Crippen molar-refractivity contribution in [2.75, 3.05) is 11.9 Å². The fourth-order valence-electron chi connectivity index (χ4n) is 1.71. The zero-order valence-corrected chi connectivity index (χ0v) is 9.04. The Kier molecular flexibility index (Phi) is 2.40. The molecule has 0 amide bonds. The van der Waals surface area contributed by atoms with E-state index in [1.54, 1.807) is 0 Å². The summed E-state index contributed by atoms with van der Waals surface area (Å²) < 4.78 is 0. The van der Waals surface area contributed by atoms with Crippen molar-refractivity contribution in [2.24, 2.45) is 11.8 Å². The molecule has 1 aliphatic rings. The molecule has 3 nitrogen and oxygen atoms in total. The molecule has 2 unspecified atom stereocenters. The lowest BCUT2D eigenvalue weighted by Gasteiger charge is -2.05. The first-order chi connectivity index (χ1) is 6.65. The van der Waals surface area contributed by atoms with Crippen LogP contribution in [0.15, 0.2) is 6.07 Å². The molecule has 1 fully saturated rings. The van der Waals surface area contributed by atoms with E-state index in [1.807, 2.05) is 19.9 Å². The standard InChI is InChI=1S/C11H17N3/c1-7-4-10(7)6-12-11-13-8(2)5-9(3)14-11/h5,7,10H,4,6H2,1-3H3,(H,12,13,14). The highest BCUT2D eigenvalue weighted by atomic mass is 15.1. The minimum Gasteiger partial charge on any atom is -0.354 e. The van der Waals surface area contributed by atoms with E-state index in [1.165, 1.54) is 6.42 Å². The molecule has 0 spiro atoms. The Morgan fingerprint density at radius 1 is 1.36 bits per heavy atom. The van der Waals surface area contributed by atoms with Gasteiger partial charge in [0.25, 0.3) is 0 Å². The van der Waals surface area contributed by atoms with Gasteiger partial charge in [-0.15, -0.1) is 0 Å². The zero-order valence-electron chi connectivity index (χ0n) is 9.04. The summed E-state index contributed by atoms with van der Waals surface area (Å²) >= 11 is 0. The topological polar surface area (TPSA) is 37.8 Å². The second-order valence-corrected chi connectivity index (χ2v) is 4.33. The van der Waals surface area contributed by atoms with Gasteiger partial charge >= 0.3 is 0 Å². The van der Waals surface area contributed by atoms with E-state index in [4.69, 9.17) is 0 Å². The third kappa shape index (κ3) is 2.22. The van der Waals surface area contributed by atoms with Gasteiger partial charge in [0.2, 0.25) is 5.95 Å². The summed E-state index contributed by atoms with van der Waals surface area (Å²) in [5, 5.41) is 3.30. The highest BCUT2D eigenvalue weighted by Gasteiger charge is 2.31. The lowest BCUT2D eigenvalue weighted by atomic mass is 10.3. The molecule has 2 atom stereocenters. The average molecular weight is 191 g/mol. The van der Waals surface area contributed by atoms with Crippen LogP contribution in [0.25, 0.3) is 0 Å². The van der Waals surface area contributed by atoms with Crippen molar-refractivity contribution in [2.45, 2.75) is 27.2 Å². The highest BCUT2D eigenvalue weighted by molar-refractivity contribution is 5.28. The first kappa shape index (κ1) is 9.44. The van der Waals surface area contributed by atoms with Crippen molar-refractivity contribution in [3.8, 4) is 0 Å². The Labute approximate surface area is 85.0 Å². The minimum atomic E-state index is 0.779. The Morgan fingerprint density at radius 2 is 1.93 bits per heavy atom. The fraction of sp³-hybridized carbons (Fsp3) is 0.636. The summed E-state index contributed by atoms with van der Waals surface area (Å²) in [5.41, 5.74) is 2.06. The Balaban J connectivity index is 1.95. The molecule has 76 valence electrons. The van der Waals surface area contributed by atoms with Gasteiger partial charge in [-0.3, -0.25) is 0 Å². The summed E-state index contributed by atoms with van der Waals surface area (Å²) in [4.78, 5) is 8.67. The lowest BCUT2D eigenvalue weighted by molar-refractivity contribution is 0.779.